The standard InChI is InChI=1S/C19H19Cl2NO2/c1-22(2)11-12-24-17-8-4-15(5-9-17)19(23)10-6-14-3-7-16(20)13-18(14)21/h3-10,13H,11-12H2,1-2H3/b10-6+. The second-order valence-corrected chi connectivity index (χ2v) is 6.38. The molecular weight excluding hydrogens is 345 g/mol. The van der Waals surface area contributed by atoms with E-state index in [9.17, 15) is 4.79 Å². The number of carbonyl (C=O) groups is 1. The van der Waals surface area contributed by atoms with E-state index in [-0.39, 0.29) is 5.78 Å². The van der Waals surface area contributed by atoms with Gasteiger partial charge in [-0.2, -0.15) is 0 Å². The molecular formula is C19H19Cl2NO2. The molecule has 0 fully saturated rings. The summed E-state index contributed by atoms with van der Waals surface area (Å²) < 4.78 is 5.61. The molecule has 0 bridgehead atoms. The lowest BCUT2D eigenvalue weighted by Crippen LogP contribution is -2.19. The number of hydrogen-bond donors (Lipinski definition) is 0. The molecule has 0 atom stereocenters. The van der Waals surface area contributed by atoms with E-state index in [2.05, 4.69) is 0 Å². The largest absolute Gasteiger partial charge is 0.492 e. The Kier molecular flexibility index (Phi) is 6.85. The summed E-state index contributed by atoms with van der Waals surface area (Å²) in [4.78, 5) is 14.3. The topological polar surface area (TPSA) is 29.5 Å². The highest BCUT2D eigenvalue weighted by Gasteiger charge is 2.04. The van der Waals surface area contributed by atoms with E-state index in [0.29, 0.717) is 22.2 Å². The zero-order valence-electron chi connectivity index (χ0n) is 13.6. The third kappa shape index (κ3) is 5.68. The quantitative estimate of drug-likeness (QED) is 0.521. The summed E-state index contributed by atoms with van der Waals surface area (Å²) in [5, 5.41) is 1.07. The molecule has 0 unspecified atom stereocenters. The zero-order valence-corrected chi connectivity index (χ0v) is 15.1. The first-order chi connectivity index (χ1) is 11.5. The minimum Gasteiger partial charge on any atom is -0.492 e. The first kappa shape index (κ1) is 18.5. The monoisotopic (exact) mass is 363 g/mol. The van der Waals surface area contributed by atoms with Gasteiger partial charge in [0.15, 0.2) is 5.78 Å². The molecule has 0 saturated carbocycles. The Balaban J connectivity index is 1.98. The van der Waals surface area contributed by atoms with Gasteiger partial charge < -0.3 is 9.64 Å². The van der Waals surface area contributed by atoms with Crippen molar-refractivity contribution >= 4 is 35.1 Å². The van der Waals surface area contributed by atoms with E-state index in [4.69, 9.17) is 27.9 Å². The number of rotatable bonds is 7. The molecule has 126 valence electrons. The number of likely N-dealkylation sites (N-methyl/N-ethyl adjacent to an activating group) is 1. The zero-order chi connectivity index (χ0) is 17.5. The predicted octanol–water partition coefficient (Wildman–Crippen LogP) is 4.83. The van der Waals surface area contributed by atoms with Crippen LogP contribution in [-0.2, 0) is 0 Å². The van der Waals surface area contributed by atoms with Gasteiger partial charge in [0.05, 0.1) is 0 Å². The van der Waals surface area contributed by atoms with Crippen LogP contribution in [0.4, 0.5) is 0 Å². The Hall–Kier alpha value is -1.81. The third-order valence-electron chi connectivity index (χ3n) is 3.32. The molecule has 0 N–H and O–H groups in total. The maximum absolute atomic E-state index is 12.2. The van der Waals surface area contributed by atoms with Crippen LogP contribution in [-0.4, -0.2) is 37.9 Å². The Labute approximate surface area is 152 Å². The molecule has 0 spiro atoms. The fourth-order valence-electron chi connectivity index (χ4n) is 1.96. The van der Waals surface area contributed by atoms with E-state index in [1.165, 1.54) is 6.08 Å². The van der Waals surface area contributed by atoms with Crippen molar-refractivity contribution < 1.29 is 9.53 Å². The van der Waals surface area contributed by atoms with E-state index in [1.807, 2.05) is 19.0 Å². The van der Waals surface area contributed by atoms with E-state index >= 15 is 0 Å². The van der Waals surface area contributed by atoms with Crippen molar-refractivity contribution in [1.82, 2.24) is 4.90 Å². The van der Waals surface area contributed by atoms with Gasteiger partial charge in [-0.15, -0.1) is 0 Å². The molecule has 0 aliphatic heterocycles. The van der Waals surface area contributed by atoms with Crippen LogP contribution in [0.5, 0.6) is 5.75 Å². The van der Waals surface area contributed by atoms with Crippen LogP contribution >= 0.6 is 23.2 Å². The second kappa shape index (κ2) is 8.88. The number of allylic oxidation sites excluding steroid dienone is 1. The summed E-state index contributed by atoms with van der Waals surface area (Å²) >= 11 is 11.9. The normalized spacial score (nSPS) is 11.2. The first-order valence-electron chi connectivity index (χ1n) is 7.51. The fraction of sp³-hybridized carbons (Fsp3) is 0.211. The van der Waals surface area contributed by atoms with Crippen LogP contribution in [0.3, 0.4) is 0 Å². The van der Waals surface area contributed by atoms with Crippen LogP contribution in [0.2, 0.25) is 10.0 Å². The van der Waals surface area contributed by atoms with Crippen LogP contribution < -0.4 is 4.74 Å². The van der Waals surface area contributed by atoms with Gasteiger partial charge in [-0.3, -0.25) is 4.79 Å². The molecule has 0 aliphatic carbocycles. The van der Waals surface area contributed by atoms with Crippen molar-refractivity contribution in [2.75, 3.05) is 27.2 Å². The highest BCUT2D eigenvalue weighted by atomic mass is 35.5. The molecule has 0 radical (unpaired) electrons. The van der Waals surface area contributed by atoms with Gasteiger partial charge in [0.1, 0.15) is 12.4 Å². The number of ketones is 1. The number of halogens is 2. The van der Waals surface area contributed by atoms with Crippen molar-refractivity contribution in [2.24, 2.45) is 0 Å². The Morgan fingerprint density at radius 1 is 1.12 bits per heavy atom. The van der Waals surface area contributed by atoms with Gasteiger partial charge in [-0.25, -0.2) is 0 Å². The third-order valence-corrected chi connectivity index (χ3v) is 3.89. The van der Waals surface area contributed by atoms with Gasteiger partial charge in [0.25, 0.3) is 0 Å². The molecule has 0 aliphatic rings. The van der Waals surface area contributed by atoms with Gasteiger partial charge in [0, 0.05) is 22.2 Å². The molecule has 3 nitrogen and oxygen atoms in total. The highest BCUT2D eigenvalue weighted by Crippen LogP contribution is 2.22. The number of nitrogens with zero attached hydrogens (tertiary/aromatic N) is 1. The SMILES string of the molecule is CN(C)CCOc1ccc(C(=O)/C=C/c2ccc(Cl)cc2Cl)cc1. The summed E-state index contributed by atoms with van der Waals surface area (Å²) in [7, 11) is 3.98. The van der Waals surface area contributed by atoms with Gasteiger partial charge in [-0.1, -0.05) is 29.3 Å². The highest BCUT2D eigenvalue weighted by molar-refractivity contribution is 6.35. The molecule has 0 aromatic heterocycles. The number of benzene rings is 2. The predicted molar refractivity (Wildman–Crippen MR) is 100 cm³/mol. The number of carbonyl (C=O) groups excluding carboxylic acids is 1. The smallest absolute Gasteiger partial charge is 0.185 e. The van der Waals surface area contributed by atoms with Crippen molar-refractivity contribution in [2.45, 2.75) is 0 Å². The van der Waals surface area contributed by atoms with Crippen LogP contribution in [0.15, 0.2) is 48.5 Å². The first-order valence-corrected chi connectivity index (χ1v) is 8.26. The summed E-state index contributed by atoms with van der Waals surface area (Å²) in [6.45, 7) is 1.44. The van der Waals surface area contributed by atoms with Crippen LogP contribution in [0.25, 0.3) is 6.08 Å². The van der Waals surface area contributed by atoms with Crippen molar-refractivity contribution in [3.05, 3.63) is 69.7 Å². The summed E-state index contributed by atoms with van der Waals surface area (Å²) in [5.74, 6) is 0.652. The van der Waals surface area contributed by atoms with Gasteiger partial charge in [0.2, 0.25) is 0 Å². The Bertz CT molecular complexity index is 725. The maximum Gasteiger partial charge on any atom is 0.185 e. The van der Waals surface area contributed by atoms with E-state index in [1.54, 1.807) is 48.5 Å². The summed E-state index contributed by atoms with van der Waals surface area (Å²) in [5.41, 5.74) is 1.34. The molecule has 5 heteroatoms. The molecule has 0 saturated heterocycles. The lowest BCUT2D eigenvalue weighted by Gasteiger charge is -2.11. The maximum atomic E-state index is 12.2. The Morgan fingerprint density at radius 3 is 2.46 bits per heavy atom. The average molecular weight is 364 g/mol. The molecule has 2 aromatic rings. The minimum absolute atomic E-state index is 0.0964. The van der Waals surface area contributed by atoms with Crippen LogP contribution in [0, 0.1) is 0 Å². The molecule has 2 rings (SSSR count). The fourth-order valence-corrected chi connectivity index (χ4v) is 2.43. The number of hydrogen-bond acceptors (Lipinski definition) is 3. The molecule has 24 heavy (non-hydrogen) atoms. The Morgan fingerprint density at radius 2 is 1.83 bits per heavy atom. The van der Waals surface area contributed by atoms with Crippen molar-refractivity contribution in [3.8, 4) is 5.75 Å². The summed E-state index contributed by atoms with van der Waals surface area (Å²) in [6, 6.07) is 12.3. The summed E-state index contributed by atoms with van der Waals surface area (Å²) in [6.07, 6.45) is 3.18. The minimum atomic E-state index is -0.0964. The van der Waals surface area contributed by atoms with Crippen molar-refractivity contribution in [1.29, 1.82) is 0 Å². The van der Waals surface area contributed by atoms with Gasteiger partial charge >= 0.3 is 0 Å². The second-order valence-electron chi connectivity index (χ2n) is 5.54. The lowest BCUT2D eigenvalue weighted by molar-refractivity contribution is 0.104. The lowest BCUT2D eigenvalue weighted by atomic mass is 10.1. The van der Waals surface area contributed by atoms with Gasteiger partial charge in [-0.05, 0) is 68.2 Å². The van der Waals surface area contributed by atoms with Crippen molar-refractivity contribution in [3.63, 3.8) is 0 Å². The molecule has 0 amide bonds. The van der Waals surface area contributed by atoms with E-state index < -0.39 is 0 Å². The average Bonchev–Trinajstić information content (AvgIpc) is 2.54. The number of ether oxygens (including phenoxy) is 1. The molecule has 0 heterocycles. The molecule has 2 aromatic carbocycles. The van der Waals surface area contributed by atoms with E-state index in [0.717, 1.165) is 17.9 Å². The van der Waals surface area contributed by atoms with Crippen LogP contribution in [0.1, 0.15) is 15.9 Å².